The van der Waals surface area contributed by atoms with Gasteiger partial charge in [0.25, 0.3) is 5.69 Å². The van der Waals surface area contributed by atoms with Crippen LogP contribution >= 0.6 is 15.9 Å². The molecule has 0 aromatic heterocycles. The van der Waals surface area contributed by atoms with Crippen molar-refractivity contribution in [2.45, 2.75) is 57.8 Å². The Morgan fingerprint density at radius 3 is 2.67 bits per heavy atom. The van der Waals surface area contributed by atoms with Crippen LogP contribution in [0.25, 0.3) is 0 Å². The highest BCUT2D eigenvalue weighted by Crippen LogP contribution is 2.37. The molecule has 0 spiro atoms. The summed E-state index contributed by atoms with van der Waals surface area (Å²) in [5, 5.41) is 15.0. The molecule has 27 heavy (non-hydrogen) atoms. The average molecular weight is 458 g/mol. The summed E-state index contributed by atoms with van der Waals surface area (Å²) >= 11 is 3.41. The maximum absolute atomic E-state index is 11.3. The van der Waals surface area contributed by atoms with E-state index in [4.69, 9.17) is 4.43 Å². The number of nitrogens with zero attached hydrogens (tertiary/aromatic N) is 2. The predicted molar refractivity (Wildman–Crippen MR) is 117 cm³/mol. The highest BCUT2D eigenvalue weighted by atomic mass is 79.9. The number of benzene rings is 1. The fraction of sp³-hybridized carbons (Fsp3) is 0.684. The van der Waals surface area contributed by atoms with Crippen molar-refractivity contribution in [3.8, 4) is 0 Å². The van der Waals surface area contributed by atoms with Crippen LogP contribution in [0.15, 0.2) is 22.7 Å². The summed E-state index contributed by atoms with van der Waals surface area (Å²) in [5.41, 5.74) is 0.484. The van der Waals surface area contributed by atoms with Crippen LogP contribution in [0.3, 0.4) is 0 Å². The van der Waals surface area contributed by atoms with Crippen molar-refractivity contribution in [3.63, 3.8) is 0 Å². The first-order valence-corrected chi connectivity index (χ1v) is 13.1. The lowest BCUT2D eigenvalue weighted by Crippen LogP contribution is -2.43. The number of nitro groups is 1. The molecule has 1 aliphatic heterocycles. The topological polar surface area (TPSA) is 67.6 Å². The molecular weight excluding hydrogens is 426 g/mol. The first-order valence-electron chi connectivity index (χ1n) is 9.41. The van der Waals surface area contributed by atoms with Crippen molar-refractivity contribution < 1.29 is 9.35 Å². The number of hydrogen-bond acceptors (Lipinski definition) is 5. The summed E-state index contributed by atoms with van der Waals surface area (Å²) in [6.45, 7) is 16.9. The summed E-state index contributed by atoms with van der Waals surface area (Å²) < 4.78 is 7.12. The monoisotopic (exact) mass is 457 g/mol. The van der Waals surface area contributed by atoms with E-state index < -0.39 is 8.32 Å². The second-order valence-corrected chi connectivity index (χ2v) is 15.0. The molecule has 0 aliphatic carbocycles. The van der Waals surface area contributed by atoms with E-state index in [9.17, 15) is 10.1 Å². The fourth-order valence-electron chi connectivity index (χ4n) is 3.09. The number of anilines is 1. The van der Waals surface area contributed by atoms with Gasteiger partial charge in [0, 0.05) is 42.3 Å². The van der Waals surface area contributed by atoms with Gasteiger partial charge in [0.2, 0.25) is 0 Å². The van der Waals surface area contributed by atoms with Crippen molar-refractivity contribution in [1.82, 2.24) is 4.90 Å². The van der Waals surface area contributed by atoms with Crippen LogP contribution in [0.2, 0.25) is 18.1 Å². The zero-order valence-electron chi connectivity index (χ0n) is 17.3. The first-order chi connectivity index (χ1) is 12.3. The number of hydrogen-bond donors (Lipinski definition) is 1. The van der Waals surface area contributed by atoms with E-state index in [0.29, 0.717) is 5.69 Å². The van der Waals surface area contributed by atoms with Crippen LogP contribution in [-0.2, 0) is 4.43 Å². The smallest absolute Gasteiger partial charge is 0.292 e. The Balaban J connectivity index is 1.95. The maximum Gasteiger partial charge on any atom is 0.292 e. The molecule has 1 N–H and O–H groups in total. The Morgan fingerprint density at radius 2 is 2.07 bits per heavy atom. The van der Waals surface area contributed by atoms with Gasteiger partial charge in [-0.3, -0.25) is 15.0 Å². The number of nitrogens with one attached hydrogen (secondary N) is 1. The molecule has 1 atom stereocenters. The molecule has 1 aliphatic rings. The normalized spacial score (nSPS) is 21.4. The highest BCUT2D eigenvalue weighted by molar-refractivity contribution is 9.10. The Bertz CT molecular complexity index is 693. The number of halogens is 1. The summed E-state index contributed by atoms with van der Waals surface area (Å²) in [5.74, 6) is 0. The van der Waals surface area contributed by atoms with Crippen LogP contribution < -0.4 is 5.32 Å². The molecule has 8 heteroatoms. The highest BCUT2D eigenvalue weighted by Gasteiger charge is 2.38. The minimum absolute atomic E-state index is 0.110. The number of rotatable bonds is 7. The molecule has 152 valence electrons. The third kappa shape index (κ3) is 5.76. The van der Waals surface area contributed by atoms with Gasteiger partial charge in [-0.25, -0.2) is 0 Å². The van der Waals surface area contributed by atoms with Gasteiger partial charge in [-0.15, -0.1) is 0 Å². The molecule has 0 bridgehead atoms. The molecule has 1 aromatic rings. The molecular formula is C19H32BrN3O3Si. The van der Waals surface area contributed by atoms with Gasteiger partial charge in [0.15, 0.2) is 8.32 Å². The van der Waals surface area contributed by atoms with E-state index >= 15 is 0 Å². The Labute approximate surface area is 172 Å². The third-order valence-corrected chi connectivity index (χ3v) is 10.9. The van der Waals surface area contributed by atoms with Crippen molar-refractivity contribution in [1.29, 1.82) is 0 Å². The van der Waals surface area contributed by atoms with E-state index in [0.717, 1.165) is 37.1 Å². The maximum atomic E-state index is 11.3. The van der Waals surface area contributed by atoms with Gasteiger partial charge in [-0.05, 0) is 43.6 Å². The number of nitro benzene ring substituents is 1. The average Bonchev–Trinajstić information content (AvgIpc) is 2.86. The van der Waals surface area contributed by atoms with Crippen LogP contribution in [-0.4, -0.2) is 49.9 Å². The summed E-state index contributed by atoms with van der Waals surface area (Å²) in [6, 6.07) is 5.02. The minimum atomic E-state index is -1.72. The molecule has 1 aromatic carbocycles. The zero-order chi connectivity index (χ0) is 20.5. The van der Waals surface area contributed by atoms with Crippen LogP contribution in [0.5, 0.6) is 0 Å². The molecule has 1 unspecified atom stereocenters. The lowest BCUT2D eigenvalue weighted by molar-refractivity contribution is -0.384. The van der Waals surface area contributed by atoms with Gasteiger partial charge in [0.05, 0.1) is 4.92 Å². The third-order valence-electron chi connectivity index (χ3n) is 5.82. The summed E-state index contributed by atoms with van der Waals surface area (Å²) in [4.78, 5) is 13.4. The summed E-state index contributed by atoms with van der Waals surface area (Å²) in [6.07, 6.45) is 0.941. The van der Waals surface area contributed by atoms with Gasteiger partial charge in [0.1, 0.15) is 5.69 Å². The SMILES string of the molecule is CC1(Nc2cc(Br)ccc2[N+](=O)[O-])CCN(CCO[Si](C)(C)C(C)(C)C)C1. The van der Waals surface area contributed by atoms with Crippen LogP contribution in [0, 0.1) is 10.1 Å². The molecule has 1 heterocycles. The quantitative estimate of drug-likeness (QED) is 0.343. The molecule has 0 radical (unpaired) electrons. The van der Waals surface area contributed by atoms with Gasteiger partial charge in [-0.1, -0.05) is 36.7 Å². The Morgan fingerprint density at radius 1 is 1.41 bits per heavy atom. The molecule has 1 saturated heterocycles. The Kier molecular flexibility index (Phi) is 6.77. The lowest BCUT2D eigenvalue weighted by Gasteiger charge is -2.36. The van der Waals surface area contributed by atoms with E-state index in [-0.39, 0.29) is 21.2 Å². The predicted octanol–water partition coefficient (Wildman–Crippen LogP) is 5.26. The van der Waals surface area contributed by atoms with Crippen LogP contribution in [0.4, 0.5) is 11.4 Å². The van der Waals surface area contributed by atoms with E-state index in [1.54, 1.807) is 12.1 Å². The van der Waals surface area contributed by atoms with Gasteiger partial charge < -0.3 is 9.74 Å². The van der Waals surface area contributed by atoms with Gasteiger partial charge >= 0.3 is 0 Å². The van der Waals surface area contributed by atoms with Crippen LogP contribution in [0.1, 0.15) is 34.1 Å². The largest absolute Gasteiger partial charge is 0.416 e. The first kappa shape index (κ1) is 22.3. The number of likely N-dealkylation sites (tertiary alicyclic amines) is 1. The van der Waals surface area contributed by atoms with Crippen molar-refractivity contribution >= 4 is 35.6 Å². The molecule has 0 amide bonds. The van der Waals surface area contributed by atoms with E-state index in [1.807, 2.05) is 0 Å². The zero-order valence-corrected chi connectivity index (χ0v) is 19.9. The molecule has 2 rings (SSSR count). The molecule has 6 nitrogen and oxygen atoms in total. The molecule has 0 saturated carbocycles. The van der Waals surface area contributed by atoms with Gasteiger partial charge in [-0.2, -0.15) is 0 Å². The van der Waals surface area contributed by atoms with Crippen molar-refractivity contribution in [2.75, 3.05) is 31.6 Å². The standard InChI is InChI=1S/C19H32BrN3O3Si/c1-18(2,3)27(5,6)26-12-11-22-10-9-19(4,14-22)21-16-13-15(20)7-8-17(16)23(24)25/h7-8,13,21H,9-12,14H2,1-6H3. The Hall–Kier alpha value is -0.963. The fourth-order valence-corrected chi connectivity index (χ4v) is 4.48. The second-order valence-electron chi connectivity index (χ2n) is 9.24. The van der Waals surface area contributed by atoms with E-state index in [1.165, 1.54) is 6.07 Å². The lowest BCUT2D eigenvalue weighted by atomic mass is 10.0. The second kappa shape index (κ2) is 8.19. The van der Waals surface area contributed by atoms with E-state index in [2.05, 4.69) is 66.9 Å². The minimum Gasteiger partial charge on any atom is -0.416 e. The van der Waals surface area contributed by atoms with Crippen molar-refractivity contribution in [3.05, 3.63) is 32.8 Å². The molecule has 1 fully saturated rings. The van der Waals surface area contributed by atoms with Crippen molar-refractivity contribution in [2.24, 2.45) is 0 Å². The summed E-state index contributed by atoms with van der Waals surface area (Å²) in [7, 11) is -1.72.